The van der Waals surface area contributed by atoms with Gasteiger partial charge in [-0.15, -0.1) is 0 Å². The molecule has 0 aliphatic carbocycles. The zero-order chi connectivity index (χ0) is 21.8. The van der Waals surface area contributed by atoms with Gasteiger partial charge in [-0.3, -0.25) is 9.69 Å². The standard InChI is InChI=1S/C21H31N6O3P/c1-31(2)13-3-6-26-7-4-21(29,5-8-26)20(28)25-17-14-16-18(24-17)22-15-23-19(16)27-9-11-30-12-10-27/h3,13-15,29H,4-12H2,1-2H3,(H,25,28)(H,22,23,24)/b13-3+. The number of rotatable bonds is 6. The van der Waals surface area contributed by atoms with Crippen LogP contribution in [0, 0.1) is 0 Å². The van der Waals surface area contributed by atoms with E-state index in [4.69, 9.17) is 4.74 Å². The van der Waals surface area contributed by atoms with Crippen LogP contribution in [0.2, 0.25) is 0 Å². The fourth-order valence-corrected chi connectivity index (χ4v) is 4.52. The molecule has 0 atom stereocenters. The van der Waals surface area contributed by atoms with Gasteiger partial charge >= 0.3 is 0 Å². The van der Waals surface area contributed by atoms with Crippen molar-refractivity contribution in [2.75, 3.05) is 69.5 Å². The van der Waals surface area contributed by atoms with Crippen LogP contribution in [0.1, 0.15) is 12.8 Å². The SMILES string of the molecule is CP(C)/C=C/CN1CCC(O)(C(=O)Nc2cc3c(N4CCOCC4)ncnc3[nH]2)CC1. The third-order valence-corrected chi connectivity index (χ3v) is 6.64. The molecule has 0 radical (unpaired) electrons. The summed E-state index contributed by atoms with van der Waals surface area (Å²) < 4.78 is 5.42. The van der Waals surface area contributed by atoms with Gasteiger partial charge in [0.1, 0.15) is 29.2 Å². The first kappa shape index (κ1) is 22.1. The second-order valence-corrected chi connectivity index (χ2v) is 10.6. The Kier molecular flexibility index (Phi) is 6.86. The summed E-state index contributed by atoms with van der Waals surface area (Å²) in [5.41, 5.74) is -0.703. The third kappa shape index (κ3) is 5.23. The minimum absolute atomic E-state index is 0.0440. The zero-order valence-corrected chi connectivity index (χ0v) is 19.1. The first-order chi connectivity index (χ1) is 14.9. The molecule has 0 aromatic carbocycles. The van der Waals surface area contributed by atoms with Crippen LogP contribution in [-0.2, 0) is 9.53 Å². The fourth-order valence-electron chi connectivity index (χ4n) is 4.00. The third-order valence-electron chi connectivity index (χ3n) is 5.84. The molecule has 4 rings (SSSR count). The Morgan fingerprint density at radius 2 is 2.03 bits per heavy atom. The van der Waals surface area contributed by atoms with Gasteiger partial charge in [0.05, 0.1) is 18.6 Å². The summed E-state index contributed by atoms with van der Waals surface area (Å²) in [5, 5.41) is 14.7. The van der Waals surface area contributed by atoms with E-state index < -0.39 is 5.60 Å². The molecule has 0 unspecified atom stereocenters. The minimum Gasteiger partial charge on any atom is -0.380 e. The number of hydrogen-bond donors (Lipinski definition) is 3. The first-order valence-corrected chi connectivity index (χ1v) is 13.0. The number of anilines is 2. The molecule has 1 amide bonds. The van der Waals surface area contributed by atoms with Crippen LogP contribution < -0.4 is 10.2 Å². The quantitative estimate of drug-likeness (QED) is 0.581. The Balaban J connectivity index is 1.40. The molecule has 2 aromatic rings. The summed E-state index contributed by atoms with van der Waals surface area (Å²) in [6.07, 6.45) is 4.54. The molecule has 9 nitrogen and oxygen atoms in total. The summed E-state index contributed by atoms with van der Waals surface area (Å²) in [6, 6.07) is 1.84. The summed E-state index contributed by atoms with van der Waals surface area (Å²) in [5.74, 6) is 3.22. The van der Waals surface area contributed by atoms with Crippen LogP contribution in [0.5, 0.6) is 0 Å². The van der Waals surface area contributed by atoms with Crippen molar-refractivity contribution in [1.82, 2.24) is 19.9 Å². The molecule has 168 valence electrons. The Hall–Kier alpha value is -2.06. The van der Waals surface area contributed by atoms with E-state index in [1.54, 1.807) is 0 Å². The number of amides is 1. The second-order valence-electron chi connectivity index (χ2n) is 8.38. The highest BCUT2D eigenvalue weighted by atomic mass is 31.1. The van der Waals surface area contributed by atoms with Crippen molar-refractivity contribution in [2.24, 2.45) is 0 Å². The number of fused-ring (bicyclic) bond motifs is 1. The highest BCUT2D eigenvalue weighted by Crippen LogP contribution is 2.29. The van der Waals surface area contributed by atoms with Crippen molar-refractivity contribution < 1.29 is 14.6 Å². The van der Waals surface area contributed by atoms with Gasteiger partial charge in [-0.05, 0) is 32.2 Å². The number of aromatic nitrogens is 3. The minimum atomic E-state index is -1.36. The van der Waals surface area contributed by atoms with Crippen molar-refractivity contribution >= 4 is 36.5 Å². The maximum absolute atomic E-state index is 12.9. The number of nitrogens with one attached hydrogen (secondary N) is 2. The molecular weight excluding hydrogens is 415 g/mol. The van der Waals surface area contributed by atoms with E-state index in [9.17, 15) is 9.90 Å². The van der Waals surface area contributed by atoms with Crippen LogP contribution >= 0.6 is 7.92 Å². The largest absolute Gasteiger partial charge is 0.380 e. The van der Waals surface area contributed by atoms with Gasteiger partial charge in [-0.25, -0.2) is 9.97 Å². The molecule has 2 aromatic heterocycles. The Labute approximate surface area is 183 Å². The van der Waals surface area contributed by atoms with Crippen molar-refractivity contribution in [3.63, 3.8) is 0 Å². The molecular formula is C21H31N6O3P. The van der Waals surface area contributed by atoms with Gasteiger partial charge in [0.15, 0.2) is 0 Å². The predicted octanol–water partition coefficient (Wildman–Crippen LogP) is 1.82. The van der Waals surface area contributed by atoms with Crippen LogP contribution in [-0.4, -0.2) is 95.7 Å². The molecule has 2 aliphatic rings. The van der Waals surface area contributed by atoms with E-state index in [1.165, 1.54) is 6.33 Å². The highest BCUT2D eigenvalue weighted by molar-refractivity contribution is 7.59. The number of ether oxygens (including phenoxy) is 1. The number of nitrogens with zero attached hydrogens (tertiary/aromatic N) is 4. The molecule has 2 aliphatic heterocycles. The number of carbonyl (C=O) groups excluding carboxylic acids is 1. The van der Waals surface area contributed by atoms with Crippen molar-refractivity contribution in [3.8, 4) is 0 Å². The maximum Gasteiger partial charge on any atom is 0.257 e. The normalized spacial score (nSPS) is 20.1. The number of H-pyrrole nitrogens is 1. The first-order valence-electron chi connectivity index (χ1n) is 10.7. The average molecular weight is 446 g/mol. The van der Waals surface area contributed by atoms with Crippen molar-refractivity contribution in [2.45, 2.75) is 18.4 Å². The molecule has 0 saturated carbocycles. The number of morpholine rings is 1. The van der Waals surface area contributed by atoms with Gasteiger partial charge in [0.25, 0.3) is 5.91 Å². The number of piperidine rings is 1. The van der Waals surface area contributed by atoms with E-state index in [-0.39, 0.29) is 13.8 Å². The summed E-state index contributed by atoms with van der Waals surface area (Å²) >= 11 is 0. The molecule has 2 saturated heterocycles. The Bertz CT molecular complexity index is 932. The van der Waals surface area contributed by atoms with E-state index in [0.29, 0.717) is 50.6 Å². The predicted molar refractivity (Wildman–Crippen MR) is 124 cm³/mol. The van der Waals surface area contributed by atoms with Crippen molar-refractivity contribution in [1.29, 1.82) is 0 Å². The van der Waals surface area contributed by atoms with E-state index in [0.717, 1.165) is 30.8 Å². The lowest BCUT2D eigenvalue weighted by molar-refractivity contribution is -0.138. The van der Waals surface area contributed by atoms with Crippen molar-refractivity contribution in [3.05, 3.63) is 24.3 Å². The van der Waals surface area contributed by atoms with Crippen LogP contribution in [0.25, 0.3) is 11.0 Å². The second kappa shape index (κ2) is 9.61. The van der Waals surface area contributed by atoms with Crippen LogP contribution in [0.15, 0.2) is 24.3 Å². The number of aliphatic hydroxyl groups is 1. The summed E-state index contributed by atoms with van der Waals surface area (Å²) in [7, 11) is -0.0440. The molecule has 4 heterocycles. The molecule has 0 spiro atoms. The summed E-state index contributed by atoms with van der Waals surface area (Å²) in [4.78, 5) is 29.2. The van der Waals surface area contributed by atoms with E-state index in [1.807, 2.05) is 6.07 Å². The lowest BCUT2D eigenvalue weighted by Crippen LogP contribution is -2.51. The maximum atomic E-state index is 12.9. The van der Waals surface area contributed by atoms with E-state index >= 15 is 0 Å². The molecule has 0 bridgehead atoms. The van der Waals surface area contributed by atoms with E-state index in [2.05, 4.69) is 55.3 Å². The number of likely N-dealkylation sites (tertiary alicyclic amines) is 1. The lowest BCUT2D eigenvalue weighted by atomic mass is 9.90. The van der Waals surface area contributed by atoms with Gasteiger partial charge in [0.2, 0.25) is 0 Å². The number of carbonyl (C=O) groups is 1. The Morgan fingerprint density at radius 1 is 1.29 bits per heavy atom. The lowest BCUT2D eigenvalue weighted by Gasteiger charge is -2.36. The average Bonchev–Trinajstić information content (AvgIpc) is 3.18. The number of aromatic amines is 1. The van der Waals surface area contributed by atoms with Crippen LogP contribution in [0.4, 0.5) is 11.6 Å². The van der Waals surface area contributed by atoms with Gasteiger partial charge in [-0.2, -0.15) is 0 Å². The molecule has 31 heavy (non-hydrogen) atoms. The molecule has 3 N–H and O–H groups in total. The Morgan fingerprint density at radius 3 is 2.74 bits per heavy atom. The smallest absolute Gasteiger partial charge is 0.257 e. The highest BCUT2D eigenvalue weighted by Gasteiger charge is 2.39. The molecule has 10 heteroatoms. The zero-order valence-electron chi connectivity index (χ0n) is 18.2. The van der Waals surface area contributed by atoms with Gasteiger partial charge < -0.3 is 25.0 Å². The summed E-state index contributed by atoms with van der Waals surface area (Å²) in [6.45, 7) is 9.54. The topological polar surface area (TPSA) is 107 Å². The van der Waals surface area contributed by atoms with Gasteiger partial charge in [0, 0.05) is 32.7 Å². The van der Waals surface area contributed by atoms with Gasteiger partial charge in [-0.1, -0.05) is 19.8 Å². The fraction of sp³-hybridized carbons (Fsp3) is 0.571. The number of hydrogen-bond acceptors (Lipinski definition) is 7. The monoisotopic (exact) mass is 446 g/mol. The van der Waals surface area contributed by atoms with Crippen LogP contribution in [0.3, 0.4) is 0 Å². The molecule has 2 fully saturated rings.